The molecule has 1 fully saturated rings. The predicted molar refractivity (Wildman–Crippen MR) is 71.1 cm³/mol. The van der Waals surface area contributed by atoms with Gasteiger partial charge in [-0.05, 0) is 32.6 Å². The number of hydrogen-bond donors (Lipinski definition) is 3. The van der Waals surface area contributed by atoms with E-state index in [1.807, 2.05) is 31.2 Å². The lowest BCUT2D eigenvalue weighted by atomic mass is 9.83. The van der Waals surface area contributed by atoms with Crippen molar-refractivity contribution in [3.05, 3.63) is 35.4 Å². The first-order chi connectivity index (χ1) is 8.99. The van der Waals surface area contributed by atoms with E-state index in [-0.39, 0.29) is 6.04 Å². The summed E-state index contributed by atoms with van der Waals surface area (Å²) >= 11 is 0. The van der Waals surface area contributed by atoms with Gasteiger partial charge in [-0.1, -0.05) is 24.3 Å². The molecule has 1 aliphatic heterocycles. The molecule has 1 heterocycles. The highest BCUT2D eigenvalue weighted by atomic mass is 16.3. The van der Waals surface area contributed by atoms with Crippen LogP contribution in [0.15, 0.2) is 24.3 Å². The van der Waals surface area contributed by atoms with E-state index in [0.717, 1.165) is 24.0 Å². The predicted octanol–water partition coefficient (Wildman–Crippen LogP) is 1.68. The minimum Gasteiger partial charge on any atom is -0.390 e. The Morgan fingerprint density at radius 1 is 1.05 bits per heavy atom. The Morgan fingerprint density at radius 2 is 1.53 bits per heavy atom. The maximum Gasteiger partial charge on any atom is 0.136 e. The van der Waals surface area contributed by atoms with Crippen molar-refractivity contribution in [2.75, 3.05) is 0 Å². The number of rotatable bonds is 1. The van der Waals surface area contributed by atoms with Crippen molar-refractivity contribution in [1.82, 2.24) is 4.90 Å². The van der Waals surface area contributed by atoms with Crippen molar-refractivity contribution in [3.8, 4) is 0 Å². The highest BCUT2D eigenvalue weighted by Gasteiger charge is 2.42. The van der Waals surface area contributed by atoms with E-state index < -0.39 is 18.1 Å². The van der Waals surface area contributed by atoms with Gasteiger partial charge < -0.3 is 15.3 Å². The van der Waals surface area contributed by atoms with Gasteiger partial charge in [-0.2, -0.15) is 0 Å². The molecule has 1 saturated carbocycles. The van der Waals surface area contributed by atoms with Gasteiger partial charge in [0.1, 0.15) is 12.5 Å². The molecule has 0 spiro atoms. The van der Waals surface area contributed by atoms with Crippen molar-refractivity contribution in [2.24, 2.45) is 0 Å². The maximum absolute atomic E-state index is 10.4. The highest BCUT2D eigenvalue weighted by Crippen LogP contribution is 2.44. The molecule has 0 bridgehead atoms. The Kier molecular flexibility index (Phi) is 3.14. The largest absolute Gasteiger partial charge is 0.390 e. The molecule has 1 aliphatic carbocycles. The zero-order valence-corrected chi connectivity index (χ0v) is 11.2. The molecule has 4 heteroatoms. The van der Waals surface area contributed by atoms with Crippen LogP contribution in [0, 0.1) is 0 Å². The fourth-order valence-corrected chi connectivity index (χ4v) is 3.36. The minimum absolute atomic E-state index is 0.123. The SMILES string of the molecule is C[C@]1(O)CC[C@@H](N2C(O)c3ccccc3[C@@H]2O)CC1. The monoisotopic (exact) mass is 263 g/mol. The van der Waals surface area contributed by atoms with E-state index in [2.05, 4.69) is 0 Å². The number of nitrogens with zero attached hydrogens (tertiary/aromatic N) is 1. The van der Waals surface area contributed by atoms with Gasteiger partial charge in [-0.15, -0.1) is 0 Å². The average Bonchev–Trinajstić information content (AvgIpc) is 2.64. The standard InChI is InChI=1S/C15H21NO3/c1-15(19)8-6-10(7-9-15)16-13(17)11-4-2-3-5-12(11)14(16)18/h2-5,10,13-14,17-19H,6-9H2,1H3/t10-,13-,14?,15+/m0/s1. The summed E-state index contributed by atoms with van der Waals surface area (Å²) in [4.78, 5) is 1.78. The summed E-state index contributed by atoms with van der Waals surface area (Å²) in [6.07, 6.45) is 1.55. The number of fused-ring (bicyclic) bond motifs is 1. The molecular weight excluding hydrogens is 242 g/mol. The van der Waals surface area contributed by atoms with Crippen LogP contribution in [-0.2, 0) is 0 Å². The van der Waals surface area contributed by atoms with Gasteiger partial charge in [0.25, 0.3) is 0 Å². The van der Waals surface area contributed by atoms with Crippen LogP contribution < -0.4 is 0 Å². The molecule has 1 unspecified atom stereocenters. The number of aliphatic hydroxyl groups is 3. The molecule has 2 aliphatic rings. The van der Waals surface area contributed by atoms with Crippen LogP contribution in [0.3, 0.4) is 0 Å². The zero-order chi connectivity index (χ0) is 13.6. The summed E-state index contributed by atoms with van der Waals surface area (Å²) in [5.41, 5.74) is 0.999. The Bertz CT molecular complexity index is 435. The van der Waals surface area contributed by atoms with Crippen molar-refractivity contribution in [3.63, 3.8) is 0 Å². The summed E-state index contributed by atoms with van der Waals surface area (Å²) in [7, 11) is 0. The van der Waals surface area contributed by atoms with Gasteiger partial charge >= 0.3 is 0 Å². The summed E-state index contributed by atoms with van der Waals surface area (Å²) in [6.45, 7) is 1.86. The third-order valence-electron chi connectivity index (χ3n) is 4.57. The van der Waals surface area contributed by atoms with Crippen LogP contribution >= 0.6 is 0 Å². The summed E-state index contributed by atoms with van der Waals surface area (Å²) in [5.74, 6) is 0. The second-order valence-corrected chi connectivity index (χ2v) is 6.05. The third kappa shape index (κ3) is 2.19. The van der Waals surface area contributed by atoms with E-state index in [9.17, 15) is 15.3 Å². The minimum atomic E-state index is -0.737. The summed E-state index contributed by atoms with van der Waals surface area (Å²) in [5, 5.41) is 30.8. The first kappa shape index (κ1) is 13.1. The zero-order valence-electron chi connectivity index (χ0n) is 11.2. The first-order valence-electron chi connectivity index (χ1n) is 6.94. The van der Waals surface area contributed by atoms with E-state index in [0.29, 0.717) is 12.8 Å². The van der Waals surface area contributed by atoms with Crippen LogP contribution in [-0.4, -0.2) is 31.9 Å². The Labute approximate surface area is 113 Å². The average molecular weight is 263 g/mol. The van der Waals surface area contributed by atoms with Gasteiger partial charge in [0.15, 0.2) is 0 Å². The molecule has 1 aromatic rings. The molecule has 4 nitrogen and oxygen atoms in total. The number of benzene rings is 1. The quantitative estimate of drug-likeness (QED) is 0.721. The Balaban J connectivity index is 1.81. The second-order valence-electron chi connectivity index (χ2n) is 6.05. The lowest BCUT2D eigenvalue weighted by molar-refractivity contribution is -0.128. The molecule has 0 aromatic heterocycles. The third-order valence-corrected chi connectivity index (χ3v) is 4.57. The van der Waals surface area contributed by atoms with Gasteiger partial charge in [-0.3, -0.25) is 0 Å². The van der Waals surface area contributed by atoms with E-state index >= 15 is 0 Å². The van der Waals surface area contributed by atoms with Crippen molar-refractivity contribution in [2.45, 2.75) is 56.7 Å². The smallest absolute Gasteiger partial charge is 0.136 e. The fraction of sp³-hybridized carbons (Fsp3) is 0.600. The number of hydrogen-bond acceptors (Lipinski definition) is 4. The van der Waals surface area contributed by atoms with Gasteiger partial charge in [0.05, 0.1) is 5.60 Å². The van der Waals surface area contributed by atoms with Gasteiger partial charge in [-0.25, -0.2) is 4.90 Å². The molecule has 1 aromatic carbocycles. The molecule has 3 rings (SSSR count). The lowest BCUT2D eigenvalue weighted by Crippen LogP contribution is -2.43. The van der Waals surface area contributed by atoms with Gasteiger partial charge in [0, 0.05) is 17.2 Å². The molecule has 0 saturated heterocycles. The molecular formula is C15H21NO3. The van der Waals surface area contributed by atoms with E-state index in [1.165, 1.54) is 0 Å². The maximum atomic E-state index is 10.4. The first-order valence-corrected chi connectivity index (χ1v) is 6.94. The summed E-state index contributed by atoms with van der Waals surface area (Å²) < 4.78 is 0. The van der Waals surface area contributed by atoms with Crippen molar-refractivity contribution >= 4 is 0 Å². The van der Waals surface area contributed by atoms with Crippen LogP contribution in [0.25, 0.3) is 0 Å². The topological polar surface area (TPSA) is 63.9 Å². The second kappa shape index (κ2) is 4.56. The molecule has 0 amide bonds. The molecule has 3 N–H and O–H groups in total. The van der Waals surface area contributed by atoms with Crippen molar-refractivity contribution in [1.29, 1.82) is 0 Å². The lowest BCUT2D eigenvalue weighted by Gasteiger charge is -2.40. The highest BCUT2D eigenvalue weighted by molar-refractivity contribution is 5.34. The van der Waals surface area contributed by atoms with Crippen LogP contribution in [0.4, 0.5) is 0 Å². The molecule has 19 heavy (non-hydrogen) atoms. The molecule has 2 atom stereocenters. The Hall–Kier alpha value is -0.940. The van der Waals surface area contributed by atoms with E-state index in [4.69, 9.17) is 0 Å². The fourth-order valence-electron chi connectivity index (χ4n) is 3.36. The molecule has 104 valence electrons. The Morgan fingerprint density at radius 3 is 2.00 bits per heavy atom. The van der Waals surface area contributed by atoms with Crippen molar-refractivity contribution < 1.29 is 15.3 Å². The van der Waals surface area contributed by atoms with Crippen LogP contribution in [0.2, 0.25) is 0 Å². The summed E-state index contributed by atoms with van der Waals surface area (Å²) in [6, 6.07) is 7.61. The van der Waals surface area contributed by atoms with Crippen LogP contribution in [0.5, 0.6) is 0 Å². The van der Waals surface area contributed by atoms with Gasteiger partial charge in [0.2, 0.25) is 0 Å². The molecule has 0 radical (unpaired) electrons. The number of aliphatic hydroxyl groups excluding tert-OH is 2. The van der Waals surface area contributed by atoms with Crippen LogP contribution in [0.1, 0.15) is 56.2 Å². The normalized spacial score (nSPS) is 39.3. The van der Waals surface area contributed by atoms with E-state index in [1.54, 1.807) is 4.90 Å².